The van der Waals surface area contributed by atoms with E-state index in [-0.39, 0.29) is 6.42 Å². The van der Waals surface area contributed by atoms with Crippen LogP contribution in [0.2, 0.25) is 0 Å². The number of nitrogens with zero attached hydrogens (tertiary/aromatic N) is 1. The van der Waals surface area contributed by atoms with E-state index in [1.54, 1.807) is 0 Å². The van der Waals surface area contributed by atoms with E-state index in [1.165, 1.54) is 6.21 Å². The molecule has 1 aliphatic heterocycles. The molecule has 0 amide bonds. The number of carboxylic acids is 1. The highest BCUT2D eigenvalue weighted by atomic mass is 19.1. The average Bonchev–Trinajstić information content (AvgIpc) is 1.89. The van der Waals surface area contributed by atoms with Gasteiger partial charge in [-0.25, -0.2) is 9.18 Å². The van der Waals surface area contributed by atoms with E-state index in [1.807, 2.05) is 0 Å². The molecule has 1 atom stereocenters. The van der Waals surface area contributed by atoms with E-state index >= 15 is 0 Å². The summed E-state index contributed by atoms with van der Waals surface area (Å²) in [5, 5.41) is 8.31. The molecule has 0 spiro atoms. The Morgan fingerprint density at radius 2 is 2.50 bits per heavy atom. The first kappa shape index (κ1) is 6.92. The third-order valence-corrected chi connectivity index (χ3v) is 1.27. The first-order valence-corrected chi connectivity index (χ1v) is 2.77. The van der Waals surface area contributed by atoms with Crippen LogP contribution in [0.25, 0.3) is 0 Å². The van der Waals surface area contributed by atoms with Crippen molar-refractivity contribution in [3.63, 3.8) is 0 Å². The van der Waals surface area contributed by atoms with Gasteiger partial charge in [0, 0.05) is 18.8 Å². The van der Waals surface area contributed by atoms with E-state index in [0.717, 1.165) is 12.3 Å². The van der Waals surface area contributed by atoms with E-state index in [4.69, 9.17) is 5.11 Å². The van der Waals surface area contributed by atoms with Crippen LogP contribution in [0.3, 0.4) is 0 Å². The molecule has 1 aliphatic rings. The van der Waals surface area contributed by atoms with Gasteiger partial charge in [-0.15, -0.1) is 0 Å². The second kappa shape index (κ2) is 2.21. The van der Waals surface area contributed by atoms with Gasteiger partial charge in [0.15, 0.2) is 0 Å². The van der Waals surface area contributed by atoms with Crippen LogP contribution in [0.5, 0.6) is 0 Å². The lowest BCUT2D eigenvalue weighted by molar-refractivity contribution is -0.147. The van der Waals surface area contributed by atoms with Crippen LogP contribution in [0, 0.1) is 0 Å². The van der Waals surface area contributed by atoms with Crippen LogP contribution in [0.1, 0.15) is 6.42 Å². The Hall–Kier alpha value is -1.19. The highest BCUT2D eigenvalue weighted by molar-refractivity contribution is 5.85. The molecule has 1 unspecified atom stereocenters. The van der Waals surface area contributed by atoms with Gasteiger partial charge in [0.25, 0.3) is 0 Å². The Bertz CT molecular complexity index is 212. The number of alkyl halides is 1. The van der Waals surface area contributed by atoms with Crippen molar-refractivity contribution in [2.45, 2.75) is 12.1 Å². The summed E-state index contributed by atoms with van der Waals surface area (Å²) in [6, 6.07) is 0. The molecule has 3 nitrogen and oxygen atoms in total. The number of aliphatic imine (C=N–C) groups is 1. The molecule has 54 valence electrons. The number of aliphatic carboxylic acids is 1. The lowest BCUT2D eigenvalue weighted by atomic mass is 10.0. The smallest absolute Gasteiger partial charge is 0.346 e. The van der Waals surface area contributed by atoms with Gasteiger partial charge < -0.3 is 5.11 Å². The van der Waals surface area contributed by atoms with Gasteiger partial charge in [-0.05, 0) is 6.08 Å². The van der Waals surface area contributed by atoms with Crippen molar-refractivity contribution in [3.8, 4) is 0 Å². The van der Waals surface area contributed by atoms with Gasteiger partial charge in [0.2, 0.25) is 5.67 Å². The standard InChI is InChI=1S/C6H6FNO2/c7-6(5(9)10)1-3-8-4-2-6/h1,3-4H,2H2,(H,9,10). The molecular formula is C6H6FNO2. The van der Waals surface area contributed by atoms with Crippen LogP contribution >= 0.6 is 0 Å². The largest absolute Gasteiger partial charge is 0.479 e. The Morgan fingerprint density at radius 1 is 1.80 bits per heavy atom. The topological polar surface area (TPSA) is 49.7 Å². The lowest BCUT2D eigenvalue weighted by Crippen LogP contribution is -2.32. The van der Waals surface area contributed by atoms with Crippen LogP contribution in [0.15, 0.2) is 17.3 Å². The van der Waals surface area contributed by atoms with Gasteiger partial charge in [-0.1, -0.05) is 0 Å². The SMILES string of the molecule is O=C(O)C1(F)C=CN=CC1. The van der Waals surface area contributed by atoms with Crippen molar-refractivity contribution in [1.82, 2.24) is 0 Å². The molecule has 0 aromatic carbocycles. The predicted molar refractivity (Wildman–Crippen MR) is 33.7 cm³/mol. The first-order chi connectivity index (χ1) is 4.65. The Balaban J connectivity index is 2.80. The maximum Gasteiger partial charge on any atom is 0.346 e. The Morgan fingerprint density at radius 3 is 2.80 bits per heavy atom. The van der Waals surface area contributed by atoms with E-state index in [0.29, 0.717) is 0 Å². The molecule has 0 bridgehead atoms. The fraction of sp³-hybridized carbons (Fsp3) is 0.333. The van der Waals surface area contributed by atoms with Gasteiger partial charge in [0.1, 0.15) is 0 Å². The summed E-state index contributed by atoms with van der Waals surface area (Å²) in [5.41, 5.74) is -2.23. The van der Waals surface area contributed by atoms with Gasteiger partial charge in [-0.2, -0.15) is 0 Å². The van der Waals surface area contributed by atoms with Crippen LogP contribution in [-0.2, 0) is 4.79 Å². The minimum absolute atomic E-state index is 0.182. The maximum atomic E-state index is 12.9. The predicted octanol–water partition coefficient (Wildman–Crippen LogP) is 0.768. The maximum absolute atomic E-state index is 12.9. The molecule has 1 heterocycles. The van der Waals surface area contributed by atoms with Crippen molar-refractivity contribution in [2.75, 3.05) is 0 Å². The second-order valence-corrected chi connectivity index (χ2v) is 2.02. The summed E-state index contributed by atoms with van der Waals surface area (Å²) in [6.45, 7) is 0. The summed E-state index contributed by atoms with van der Waals surface area (Å²) >= 11 is 0. The van der Waals surface area contributed by atoms with Gasteiger partial charge in [-0.3, -0.25) is 4.99 Å². The van der Waals surface area contributed by atoms with Crippen molar-refractivity contribution in [3.05, 3.63) is 12.3 Å². The molecule has 4 heteroatoms. The van der Waals surface area contributed by atoms with Crippen molar-refractivity contribution >= 4 is 12.2 Å². The molecule has 0 saturated carbocycles. The number of halogens is 1. The van der Waals surface area contributed by atoms with Crippen molar-refractivity contribution in [1.29, 1.82) is 0 Å². The highest BCUT2D eigenvalue weighted by Gasteiger charge is 2.35. The first-order valence-electron chi connectivity index (χ1n) is 2.77. The van der Waals surface area contributed by atoms with Gasteiger partial charge in [0.05, 0.1) is 0 Å². The molecule has 10 heavy (non-hydrogen) atoms. The van der Waals surface area contributed by atoms with E-state index in [9.17, 15) is 9.18 Å². The minimum atomic E-state index is -2.23. The summed E-state index contributed by atoms with van der Waals surface area (Å²) in [4.78, 5) is 13.7. The van der Waals surface area contributed by atoms with Crippen LogP contribution < -0.4 is 0 Å². The molecular weight excluding hydrogens is 137 g/mol. The van der Waals surface area contributed by atoms with E-state index < -0.39 is 11.6 Å². The van der Waals surface area contributed by atoms with E-state index in [2.05, 4.69) is 4.99 Å². The molecule has 0 aliphatic carbocycles. The minimum Gasteiger partial charge on any atom is -0.479 e. The summed E-state index contributed by atoms with van der Waals surface area (Å²) in [7, 11) is 0. The van der Waals surface area contributed by atoms with Crippen LogP contribution in [0.4, 0.5) is 4.39 Å². The van der Waals surface area contributed by atoms with Crippen molar-refractivity contribution < 1.29 is 14.3 Å². The zero-order valence-electron chi connectivity index (χ0n) is 5.12. The quantitative estimate of drug-likeness (QED) is 0.589. The lowest BCUT2D eigenvalue weighted by Gasteiger charge is -2.14. The van der Waals surface area contributed by atoms with Crippen molar-refractivity contribution in [2.24, 2.45) is 4.99 Å². The summed E-state index contributed by atoms with van der Waals surface area (Å²) in [5.74, 6) is -1.46. The number of hydrogen-bond acceptors (Lipinski definition) is 2. The molecule has 0 saturated heterocycles. The monoisotopic (exact) mass is 143 g/mol. The number of carboxylic acid groups (broad SMARTS) is 1. The Kier molecular flexibility index (Phi) is 1.53. The summed E-state index contributed by atoms with van der Waals surface area (Å²) in [6.07, 6.45) is 3.15. The zero-order valence-corrected chi connectivity index (χ0v) is 5.12. The Labute approximate surface area is 56.9 Å². The number of carbonyl (C=O) groups is 1. The molecule has 0 radical (unpaired) electrons. The fourth-order valence-corrected chi connectivity index (χ4v) is 0.634. The highest BCUT2D eigenvalue weighted by Crippen LogP contribution is 2.19. The normalized spacial score (nSPS) is 30.5. The average molecular weight is 143 g/mol. The molecule has 1 N–H and O–H groups in total. The zero-order chi connectivity index (χ0) is 7.61. The number of rotatable bonds is 1. The fourth-order valence-electron chi connectivity index (χ4n) is 0.634. The van der Waals surface area contributed by atoms with Crippen LogP contribution in [-0.4, -0.2) is 23.0 Å². The van der Waals surface area contributed by atoms with Gasteiger partial charge >= 0.3 is 5.97 Å². The molecule has 0 fully saturated rings. The third kappa shape index (κ3) is 1.05. The molecule has 0 aromatic rings. The molecule has 1 rings (SSSR count). The number of hydrogen-bond donors (Lipinski definition) is 1. The summed E-state index contributed by atoms with van der Waals surface area (Å²) < 4.78 is 12.9. The molecule has 0 aromatic heterocycles. The second-order valence-electron chi connectivity index (χ2n) is 2.02. The third-order valence-electron chi connectivity index (χ3n) is 1.27.